The van der Waals surface area contributed by atoms with Gasteiger partial charge in [0.2, 0.25) is 11.8 Å². The van der Waals surface area contributed by atoms with Crippen LogP contribution in [0.15, 0.2) is 47.0 Å². The Morgan fingerprint density at radius 1 is 1.30 bits per heavy atom. The summed E-state index contributed by atoms with van der Waals surface area (Å²) in [5, 5.41) is 7.24. The minimum Gasteiger partial charge on any atom is -0.441 e. The average molecular weight is 366 g/mol. The van der Waals surface area contributed by atoms with E-state index in [9.17, 15) is 4.79 Å². The number of ether oxygens (including phenoxy) is 1. The molecule has 1 atom stereocenters. The zero-order valence-electron chi connectivity index (χ0n) is 15.2. The first-order valence-electron chi connectivity index (χ1n) is 9.10. The number of carbonyl (C=O) groups excluding carboxylic acids is 1. The number of oxazole rings is 1. The quantitative estimate of drug-likeness (QED) is 0.725. The van der Waals surface area contributed by atoms with E-state index < -0.39 is 0 Å². The number of rotatable bonds is 6. The van der Waals surface area contributed by atoms with E-state index in [1.165, 1.54) is 0 Å². The zero-order valence-corrected chi connectivity index (χ0v) is 15.2. The lowest BCUT2D eigenvalue weighted by Crippen LogP contribution is -2.20. The van der Waals surface area contributed by atoms with Crippen molar-refractivity contribution in [3.63, 3.8) is 0 Å². The molecular formula is C20H22N4O3. The maximum absolute atomic E-state index is 12.5. The molecule has 0 bridgehead atoms. The third-order valence-electron chi connectivity index (χ3n) is 4.68. The Morgan fingerprint density at radius 3 is 2.93 bits per heavy atom. The first-order valence-corrected chi connectivity index (χ1v) is 9.10. The van der Waals surface area contributed by atoms with Crippen LogP contribution >= 0.6 is 0 Å². The third kappa shape index (κ3) is 4.09. The van der Waals surface area contributed by atoms with E-state index in [1.807, 2.05) is 41.9 Å². The molecule has 1 N–H and O–H groups in total. The molecule has 1 saturated heterocycles. The number of benzene rings is 1. The maximum Gasteiger partial charge on any atom is 0.231 e. The molecule has 7 nitrogen and oxygen atoms in total. The van der Waals surface area contributed by atoms with E-state index in [2.05, 4.69) is 15.4 Å². The molecule has 3 heterocycles. The summed E-state index contributed by atoms with van der Waals surface area (Å²) in [4.78, 5) is 17.0. The number of anilines is 1. The summed E-state index contributed by atoms with van der Waals surface area (Å²) < 4.78 is 13.0. The number of nitrogens with zero attached hydrogens (tertiary/aromatic N) is 3. The summed E-state index contributed by atoms with van der Waals surface area (Å²) in [5.74, 6) is 2.17. The zero-order chi connectivity index (χ0) is 18.6. The van der Waals surface area contributed by atoms with Gasteiger partial charge in [0.15, 0.2) is 0 Å². The van der Waals surface area contributed by atoms with Gasteiger partial charge in [-0.25, -0.2) is 9.67 Å². The molecule has 0 saturated carbocycles. The predicted molar refractivity (Wildman–Crippen MR) is 100 cm³/mol. The van der Waals surface area contributed by atoms with Crippen molar-refractivity contribution >= 4 is 11.7 Å². The molecule has 0 aliphatic carbocycles. The van der Waals surface area contributed by atoms with Gasteiger partial charge in [0.05, 0.1) is 24.9 Å². The number of hydrogen-bond donors (Lipinski definition) is 1. The van der Waals surface area contributed by atoms with Crippen molar-refractivity contribution in [2.24, 2.45) is 5.92 Å². The van der Waals surface area contributed by atoms with Crippen LogP contribution in [0.25, 0.3) is 11.5 Å². The monoisotopic (exact) mass is 366 g/mol. The lowest BCUT2D eigenvalue weighted by Gasteiger charge is -2.12. The molecule has 1 amide bonds. The van der Waals surface area contributed by atoms with Gasteiger partial charge in [-0.15, -0.1) is 0 Å². The molecule has 1 fully saturated rings. The van der Waals surface area contributed by atoms with Crippen LogP contribution in [-0.2, 0) is 22.5 Å². The van der Waals surface area contributed by atoms with Gasteiger partial charge < -0.3 is 14.5 Å². The van der Waals surface area contributed by atoms with E-state index in [4.69, 9.17) is 9.15 Å². The molecule has 140 valence electrons. The second-order valence-corrected chi connectivity index (χ2v) is 6.74. The molecule has 0 radical (unpaired) electrons. The van der Waals surface area contributed by atoms with Crippen LogP contribution < -0.4 is 5.32 Å². The summed E-state index contributed by atoms with van der Waals surface area (Å²) in [6.45, 7) is 4.10. The molecule has 0 spiro atoms. The highest BCUT2D eigenvalue weighted by Gasteiger charge is 2.19. The minimum absolute atomic E-state index is 0.143. The van der Waals surface area contributed by atoms with Gasteiger partial charge in [-0.1, -0.05) is 18.2 Å². The van der Waals surface area contributed by atoms with Crippen molar-refractivity contribution < 1.29 is 13.9 Å². The Kier molecular flexibility index (Phi) is 5.02. The van der Waals surface area contributed by atoms with E-state index in [-0.39, 0.29) is 12.3 Å². The second-order valence-electron chi connectivity index (χ2n) is 6.74. The largest absolute Gasteiger partial charge is 0.441 e. The summed E-state index contributed by atoms with van der Waals surface area (Å²) >= 11 is 0. The summed E-state index contributed by atoms with van der Waals surface area (Å²) in [7, 11) is 0. The average Bonchev–Trinajstić information content (AvgIpc) is 3.40. The molecule has 27 heavy (non-hydrogen) atoms. The summed E-state index contributed by atoms with van der Waals surface area (Å²) in [6, 6.07) is 11.5. The molecule has 7 heteroatoms. The van der Waals surface area contributed by atoms with Gasteiger partial charge in [0.25, 0.3) is 0 Å². The van der Waals surface area contributed by atoms with Gasteiger partial charge in [-0.2, -0.15) is 5.10 Å². The first kappa shape index (κ1) is 17.5. The third-order valence-corrected chi connectivity index (χ3v) is 4.68. The fourth-order valence-electron chi connectivity index (χ4n) is 3.19. The van der Waals surface area contributed by atoms with Crippen molar-refractivity contribution in [2.45, 2.75) is 26.3 Å². The van der Waals surface area contributed by atoms with Crippen molar-refractivity contribution in [1.29, 1.82) is 0 Å². The SMILES string of the molecule is Cc1oc(-c2ccccc2)nc1CC(=O)Nc1ccnn1C[C@H]1CCOC1. The molecule has 2 aromatic heterocycles. The highest BCUT2D eigenvalue weighted by atomic mass is 16.5. The van der Waals surface area contributed by atoms with E-state index in [0.29, 0.717) is 29.1 Å². The predicted octanol–water partition coefficient (Wildman–Crippen LogP) is 3.06. The van der Waals surface area contributed by atoms with Gasteiger partial charge in [0, 0.05) is 30.7 Å². The number of amides is 1. The number of hydrogen-bond acceptors (Lipinski definition) is 5. The molecule has 1 aliphatic rings. The standard InChI is InChI=1S/C20H22N4O3/c1-14-17(22-20(27-14)16-5-3-2-4-6-16)11-19(25)23-18-7-9-21-24(18)12-15-8-10-26-13-15/h2-7,9,15H,8,10-13H2,1H3,(H,23,25)/t15-/m1/s1. The van der Waals surface area contributed by atoms with E-state index in [0.717, 1.165) is 31.7 Å². The van der Waals surface area contributed by atoms with Crippen LogP contribution in [0.1, 0.15) is 17.9 Å². The number of aromatic nitrogens is 3. The highest BCUT2D eigenvalue weighted by molar-refractivity contribution is 5.91. The van der Waals surface area contributed by atoms with Crippen molar-refractivity contribution in [3.05, 3.63) is 54.0 Å². The van der Waals surface area contributed by atoms with Crippen molar-refractivity contribution in [1.82, 2.24) is 14.8 Å². The lowest BCUT2D eigenvalue weighted by molar-refractivity contribution is -0.115. The Hall–Kier alpha value is -2.93. The van der Waals surface area contributed by atoms with Crippen LogP contribution in [0, 0.1) is 12.8 Å². The Morgan fingerprint density at radius 2 is 2.15 bits per heavy atom. The molecule has 1 aromatic carbocycles. The Bertz CT molecular complexity index is 910. The van der Waals surface area contributed by atoms with Crippen LogP contribution in [0.2, 0.25) is 0 Å². The van der Waals surface area contributed by atoms with E-state index in [1.54, 1.807) is 12.3 Å². The summed E-state index contributed by atoms with van der Waals surface area (Å²) in [5.41, 5.74) is 1.53. The minimum atomic E-state index is -0.143. The van der Waals surface area contributed by atoms with Crippen LogP contribution in [-0.4, -0.2) is 33.9 Å². The smallest absolute Gasteiger partial charge is 0.231 e. The van der Waals surface area contributed by atoms with E-state index >= 15 is 0 Å². The fraction of sp³-hybridized carbons (Fsp3) is 0.350. The Balaban J connectivity index is 1.42. The highest BCUT2D eigenvalue weighted by Crippen LogP contribution is 2.22. The van der Waals surface area contributed by atoms with Crippen LogP contribution in [0.5, 0.6) is 0 Å². The number of nitrogens with one attached hydrogen (secondary N) is 1. The number of carbonyl (C=O) groups is 1. The van der Waals surface area contributed by atoms with Gasteiger partial charge >= 0.3 is 0 Å². The number of aryl methyl sites for hydroxylation is 1. The van der Waals surface area contributed by atoms with Crippen LogP contribution in [0.3, 0.4) is 0 Å². The van der Waals surface area contributed by atoms with Crippen molar-refractivity contribution in [2.75, 3.05) is 18.5 Å². The summed E-state index contributed by atoms with van der Waals surface area (Å²) in [6.07, 6.45) is 2.87. The lowest BCUT2D eigenvalue weighted by atomic mass is 10.1. The molecule has 0 unspecified atom stereocenters. The fourth-order valence-corrected chi connectivity index (χ4v) is 3.19. The second kappa shape index (κ2) is 7.75. The van der Waals surface area contributed by atoms with Crippen LogP contribution in [0.4, 0.5) is 5.82 Å². The normalized spacial score (nSPS) is 16.6. The Labute approximate surface area is 157 Å². The molecule has 1 aliphatic heterocycles. The molecule has 3 aromatic rings. The van der Waals surface area contributed by atoms with Crippen molar-refractivity contribution in [3.8, 4) is 11.5 Å². The molecule has 4 rings (SSSR count). The first-order chi connectivity index (χ1) is 13.2. The maximum atomic E-state index is 12.5. The topological polar surface area (TPSA) is 82.2 Å². The van der Waals surface area contributed by atoms with Gasteiger partial charge in [0.1, 0.15) is 11.6 Å². The van der Waals surface area contributed by atoms with Gasteiger partial charge in [-0.3, -0.25) is 4.79 Å². The molecular weight excluding hydrogens is 344 g/mol. The van der Waals surface area contributed by atoms with Gasteiger partial charge in [-0.05, 0) is 25.5 Å².